The maximum atomic E-state index is 13.3. The average Bonchev–Trinajstić information content (AvgIpc) is 0.744. The standard InChI is InChI=1S/C53H38N12O34S8/c54-43-35(20-37(101(78,79)80)30-19-41(105(90,91)92)46(49(68)42(30)43)64-58-32-7-3-25(65(73)74)16-38(32)102(81,82)83)61-59-33-8-4-26-28(50(33)106(93,94)95)17-40(104(87,88)89)45(48(26)67)63-60-34-9-5-27-29(51(34)107(96,97)98)18-39(103(84,85)86)44(47(27)66)62-57-31-6-2-23(15-36(31)99-10-1-11-100(75,76)77)55-56-24-13-21(52(69)70)12-22(14-24)53(71)72/h2-9,12-20,66-68H,1,10-11,54H2,(H,69,70)(H,71,72)(H,75,76,77)(H,78,79,80)(H,81,82,83)(H,84,85,86)(H,87,88,89)(H,90,91,92)(H,93,94,95)(H,96,97,98). The van der Waals surface area contributed by atoms with Crippen LogP contribution in [-0.4, -0.2) is 159 Å². The van der Waals surface area contributed by atoms with E-state index in [0.29, 0.717) is 36.4 Å². The van der Waals surface area contributed by atoms with Crippen LogP contribution in [0.5, 0.6) is 23.0 Å². The van der Waals surface area contributed by atoms with E-state index in [0.717, 1.165) is 36.4 Å². The van der Waals surface area contributed by atoms with Gasteiger partial charge >= 0.3 is 11.9 Å². The lowest BCUT2D eigenvalue weighted by Crippen LogP contribution is -2.08. The lowest BCUT2D eigenvalue weighted by Gasteiger charge is -2.15. The van der Waals surface area contributed by atoms with Crippen molar-refractivity contribution >= 4 is 193 Å². The van der Waals surface area contributed by atoms with Crippen LogP contribution < -0.4 is 10.5 Å². The topological polar surface area (TPSA) is 772 Å². The Balaban J connectivity index is 1.15. The summed E-state index contributed by atoms with van der Waals surface area (Å²) in [5, 5.41) is 95.1. The number of nitrogens with two attached hydrogens (primary N) is 1. The monoisotopic (exact) mass is 1640 g/mol. The van der Waals surface area contributed by atoms with E-state index in [1.807, 2.05) is 0 Å². The molecule has 0 aromatic heterocycles. The molecular weight excluding hydrogens is 1610 g/mol. The second-order valence-electron chi connectivity index (χ2n) is 21.2. The number of nitrogen functional groups attached to an aromatic ring is 1. The number of rotatable bonds is 25. The Morgan fingerprint density at radius 3 is 1.24 bits per heavy atom. The summed E-state index contributed by atoms with van der Waals surface area (Å²) in [7, 11) is -45.0. The lowest BCUT2D eigenvalue weighted by atomic mass is 10.0. The molecule has 0 spiro atoms. The van der Waals surface area contributed by atoms with Gasteiger partial charge in [-0.2, -0.15) is 77.6 Å². The van der Waals surface area contributed by atoms with Gasteiger partial charge in [0.2, 0.25) is 0 Å². The molecule has 0 radical (unpaired) electrons. The number of phenolic OH excluding ortho intramolecular Hbond substituents is 3. The first kappa shape index (κ1) is 79.5. The fourth-order valence-corrected chi connectivity index (χ4v) is 15.1. The van der Waals surface area contributed by atoms with Gasteiger partial charge in [-0.1, -0.05) is 0 Å². The molecule has 0 heterocycles. The normalized spacial score (nSPS) is 13.2. The molecule has 0 saturated heterocycles. The van der Waals surface area contributed by atoms with Crippen molar-refractivity contribution in [2.24, 2.45) is 51.1 Å². The number of hydrogen-bond acceptors (Lipinski definition) is 35. The Bertz CT molecular complexity index is 6570. The minimum atomic E-state index is -5.94. The molecule has 0 aliphatic rings. The van der Waals surface area contributed by atoms with Crippen LogP contribution in [0.15, 0.2) is 189 Å². The van der Waals surface area contributed by atoms with E-state index < -0.39 is 274 Å². The quantitative estimate of drug-likeness (QED) is 0.00632. The summed E-state index contributed by atoms with van der Waals surface area (Å²) < 4.78 is 291. The van der Waals surface area contributed by atoms with E-state index in [-0.39, 0.29) is 41.7 Å². The number of non-ortho nitro benzene ring substituents is 1. The Morgan fingerprint density at radius 2 is 0.804 bits per heavy atom. The highest BCUT2D eigenvalue weighted by Crippen LogP contribution is 2.52. The molecule has 562 valence electrons. The highest BCUT2D eigenvalue weighted by molar-refractivity contribution is 7.88. The van der Waals surface area contributed by atoms with Crippen LogP contribution in [0.4, 0.5) is 68.2 Å². The van der Waals surface area contributed by atoms with Crippen LogP contribution in [-0.2, 0) is 80.9 Å². The van der Waals surface area contributed by atoms with Gasteiger partial charge in [0.15, 0.2) is 17.2 Å². The second-order valence-corrected chi connectivity index (χ2v) is 32.5. The number of nitrogens with zero attached hydrogens (tertiary/aromatic N) is 11. The number of phenols is 3. The number of hydrogen-bond donors (Lipinski definition) is 14. The summed E-state index contributed by atoms with van der Waals surface area (Å²) in [6, 6.07) is 10.6. The van der Waals surface area contributed by atoms with E-state index in [4.69, 9.17) is 10.5 Å². The summed E-state index contributed by atoms with van der Waals surface area (Å²) in [5.74, 6) is -8.94. The molecule has 9 aromatic rings. The fourth-order valence-electron chi connectivity index (χ4n) is 9.69. The van der Waals surface area contributed by atoms with Crippen molar-refractivity contribution in [2.75, 3.05) is 18.1 Å². The van der Waals surface area contributed by atoms with Crippen molar-refractivity contribution in [3.05, 3.63) is 124 Å². The SMILES string of the molecule is Nc1c(N=Nc2ccc3c(O)c(N=Nc4ccc5c(O)c(N=Nc6ccc(N=Nc7cc(C(=O)O)cc(C(=O)O)c7)cc6OCCCS(=O)(=O)O)c(S(=O)(=O)O)cc5c4S(=O)(=O)O)c(S(=O)(=O)O)cc3c2S(=O)(=O)O)cc(S(=O)(=O)O)c2cc(S(=O)(=O)O)c(N=Nc3ccc([N+](=O)[O-])cc3S(=O)(=O)O)c(O)c12. The van der Waals surface area contributed by atoms with E-state index >= 15 is 0 Å². The summed E-state index contributed by atoms with van der Waals surface area (Å²) in [5.41, 5.74) is -6.35. The molecule has 0 aliphatic carbocycles. The van der Waals surface area contributed by atoms with Crippen molar-refractivity contribution in [3.8, 4) is 23.0 Å². The highest BCUT2D eigenvalue weighted by atomic mass is 32.2. The van der Waals surface area contributed by atoms with Gasteiger partial charge in [-0.25, -0.2) is 9.59 Å². The Hall–Kier alpha value is -11.6. The molecule has 9 aromatic carbocycles. The van der Waals surface area contributed by atoms with Crippen LogP contribution in [0.1, 0.15) is 27.1 Å². The Morgan fingerprint density at radius 1 is 0.402 bits per heavy atom. The number of carboxylic acid groups (broad SMARTS) is 2. The number of ether oxygens (including phenoxy) is 1. The summed E-state index contributed by atoms with van der Waals surface area (Å²) in [4.78, 5) is 22.7. The van der Waals surface area contributed by atoms with E-state index in [1.54, 1.807) is 0 Å². The fraction of sp³-hybridized carbons (Fsp3) is 0.0566. The molecule has 0 atom stereocenters. The number of anilines is 1. The first-order valence-corrected chi connectivity index (χ1v) is 39.3. The molecule has 0 saturated carbocycles. The Kier molecular flexibility index (Phi) is 21.3. The zero-order chi connectivity index (χ0) is 79.6. The van der Waals surface area contributed by atoms with Crippen molar-refractivity contribution in [1.82, 2.24) is 0 Å². The molecule has 54 heteroatoms. The number of carboxylic acids is 2. The Labute approximate surface area is 595 Å². The predicted octanol–water partition coefficient (Wildman–Crippen LogP) is 9.61. The third-order valence-electron chi connectivity index (χ3n) is 14.2. The van der Waals surface area contributed by atoms with Gasteiger partial charge in [0.25, 0.3) is 86.6 Å². The molecule has 0 aliphatic heterocycles. The summed E-state index contributed by atoms with van der Waals surface area (Å²) in [6.45, 7) is -0.550. The molecule has 0 bridgehead atoms. The van der Waals surface area contributed by atoms with E-state index in [9.17, 15) is 149 Å². The van der Waals surface area contributed by atoms with E-state index in [1.165, 1.54) is 0 Å². The minimum Gasteiger partial charge on any atom is -0.505 e. The third kappa shape index (κ3) is 17.4. The molecule has 9 rings (SSSR count). The van der Waals surface area contributed by atoms with Gasteiger partial charge in [0.1, 0.15) is 85.5 Å². The molecule has 107 heavy (non-hydrogen) atoms. The van der Waals surface area contributed by atoms with Gasteiger partial charge in [0.05, 0.1) is 50.9 Å². The molecule has 15 N–H and O–H groups in total. The van der Waals surface area contributed by atoms with Crippen molar-refractivity contribution in [3.63, 3.8) is 0 Å². The van der Waals surface area contributed by atoms with Crippen molar-refractivity contribution < 1.29 is 149 Å². The van der Waals surface area contributed by atoms with E-state index in [2.05, 4.69) is 51.1 Å². The molecule has 0 amide bonds. The lowest BCUT2D eigenvalue weighted by molar-refractivity contribution is -0.385. The first-order valence-electron chi connectivity index (χ1n) is 27.6. The smallest absolute Gasteiger partial charge is 0.335 e. The number of azo groups is 5. The van der Waals surface area contributed by atoms with Crippen molar-refractivity contribution in [1.29, 1.82) is 0 Å². The number of benzene rings is 9. The number of aromatic carboxylic acids is 2. The molecular formula is C53H38N12O34S8. The number of nitro benzene ring substituents is 1. The summed E-state index contributed by atoms with van der Waals surface area (Å²) >= 11 is 0. The van der Waals surface area contributed by atoms with Crippen LogP contribution in [0.3, 0.4) is 0 Å². The molecule has 46 nitrogen and oxygen atoms in total. The van der Waals surface area contributed by atoms with Crippen LogP contribution >= 0.6 is 0 Å². The van der Waals surface area contributed by atoms with Gasteiger partial charge < -0.3 is 36.0 Å². The zero-order valence-corrected chi connectivity index (χ0v) is 58.1. The maximum Gasteiger partial charge on any atom is 0.335 e. The predicted molar refractivity (Wildman–Crippen MR) is 357 cm³/mol. The van der Waals surface area contributed by atoms with Crippen molar-refractivity contribution in [2.45, 2.75) is 40.7 Å². The van der Waals surface area contributed by atoms with Gasteiger partial charge in [0, 0.05) is 45.1 Å². The van der Waals surface area contributed by atoms with Crippen LogP contribution in [0.25, 0.3) is 32.3 Å². The number of nitro groups is 1. The minimum absolute atomic E-state index is 0.151. The highest BCUT2D eigenvalue weighted by Gasteiger charge is 2.34. The number of aromatic hydroxyl groups is 3. The largest absolute Gasteiger partial charge is 0.505 e. The van der Waals surface area contributed by atoms with Gasteiger partial charge in [-0.3, -0.25) is 46.5 Å². The van der Waals surface area contributed by atoms with Gasteiger partial charge in [-0.05, 0) is 91.3 Å². The second kappa shape index (κ2) is 28.7. The van der Waals surface area contributed by atoms with Crippen LogP contribution in [0.2, 0.25) is 0 Å². The molecule has 0 unspecified atom stereocenters. The first-order chi connectivity index (χ1) is 49.3. The number of fused-ring (bicyclic) bond motifs is 3. The average molecular weight is 1640 g/mol. The maximum absolute atomic E-state index is 13.3. The zero-order valence-electron chi connectivity index (χ0n) is 51.6. The molecule has 0 fully saturated rings. The number of carbonyl (C=O) groups is 2. The van der Waals surface area contributed by atoms with Crippen LogP contribution in [0, 0.1) is 10.1 Å². The third-order valence-corrected chi connectivity index (χ3v) is 21.3. The van der Waals surface area contributed by atoms with Gasteiger partial charge in [-0.15, -0.1) is 40.9 Å². The summed E-state index contributed by atoms with van der Waals surface area (Å²) in [6.07, 6.45) is -0.413.